The maximum Gasteiger partial charge on any atom is 0.117 e. The largest absolute Gasteiger partial charge is 0.397 e. The number of imidazole rings is 2. The molecular formula is C11H12N6. The average molecular weight is 228 g/mol. The van der Waals surface area contributed by atoms with Gasteiger partial charge in [0.1, 0.15) is 23.2 Å². The van der Waals surface area contributed by atoms with Crippen LogP contribution in [0.25, 0.3) is 16.9 Å². The van der Waals surface area contributed by atoms with Crippen LogP contribution in [0.5, 0.6) is 0 Å². The first-order valence-corrected chi connectivity index (χ1v) is 5.23. The molecule has 0 fully saturated rings. The van der Waals surface area contributed by atoms with Gasteiger partial charge in [0.15, 0.2) is 0 Å². The van der Waals surface area contributed by atoms with E-state index in [2.05, 4.69) is 15.1 Å². The zero-order valence-corrected chi connectivity index (χ0v) is 9.62. The van der Waals surface area contributed by atoms with Crippen molar-refractivity contribution >= 4 is 11.2 Å². The number of anilines is 1. The lowest BCUT2D eigenvalue weighted by atomic mass is 10.1. The van der Waals surface area contributed by atoms with E-state index in [-0.39, 0.29) is 0 Å². The fourth-order valence-corrected chi connectivity index (χ4v) is 1.84. The van der Waals surface area contributed by atoms with E-state index in [0.29, 0.717) is 5.69 Å². The first kappa shape index (κ1) is 9.83. The molecule has 0 unspecified atom stereocenters. The van der Waals surface area contributed by atoms with Crippen molar-refractivity contribution in [1.82, 2.24) is 24.1 Å². The summed E-state index contributed by atoms with van der Waals surface area (Å²) in [5.74, 6) is 0. The second-order valence-electron chi connectivity index (χ2n) is 4.04. The number of rotatable bonds is 1. The summed E-state index contributed by atoms with van der Waals surface area (Å²) in [7, 11) is 1.92. The number of nitrogen functional groups attached to an aromatic ring is 1. The number of nitrogens with two attached hydrogens (primary N) is 1. The van der Waals surface area contributed by atoms with E-state index in [1.165, 1.54) is 0 Å². The van der Waals surface area contributed by atoms with Crippen LogP contribution in [0.4, 0.5) is 5.69 Å². The molecule has 0 amide bonds. The molecular weight excluding hydrogens is 216 g/mol. The van der Waals surface area contributed by atoms with Crippen LogP contribution in [0.15, 0.2) is 25.0 Å². The van der Waals surface area contributed by atoms with E-state index in [9.17, 15) is 0 Å². The molecule has 0 aliphatic rings. The van der Waals surface area contributed by atoms with Crippen molar-refractivity contribution in [2.75, 3.05) is 5.73 Å². The predicted molar refractivity (Wildman–Crippen MR) is 64.3 cm³/mol. The van der Waals surface area contributed by atoms with Crippen LogP contribution in [0.2, 0.25) is 0 Å². The van der Waals surface area contributed by atoms with Gasteiger partial charge in [0.25, 0.3) is 0 Å². The molecule has 3 aromatic rings. The molecule has 17 heavy (non-hydrogen) atoms. The Kier molecular flexibility index (Phi) is 1.91. The molecule has 0 aliphatic heterocycles. The molecule has 0 aromatic carbocycles. The summed E-state index contributed by atoms with van der Waals surface area (Å²) in [4.78, 5) is 8.33. The summed E-state index contributed by atoms with van der Waals surface area (Å²) in [6.07, 6.45) is 7.00. The number of aryl methyl sites for hydroxylation is 1. The van der Waals surface area contributed by atoms with Crippen molar-refractivity contribution in [3.8, 4) is 11.4 Å². The Morgan fingerprint density at radius 3 is 2.82 bits per heavy atom. The van der Waals surface area contributed by atoms with Gasteiger partial charge in [-0.3, -0.25) is 0 Å². The summed E-state index contributed by atoms with van der Waals surface area (Å²) in [5.41, 5.74) is 10.1. The number of hydrogen-bond acceptors (Lipinski definition) is 4. The molecule has 3 aromatic heterocycles. The van der Waals surface area contributed by atoms with Crippen molar-refractivity contribution in [2.45, 2.75) is 6.92 Å². The summed E-state index contributed by atoms with van der Waals surface area (Å²) in [6.45, 7) is 1.94. The van der Waals surface area contributed by atoms with Crippen LogP contribution in [0.1, 0.15) is 5.56 Å². The normalized spacial score (nSPS) is 11.2. The first-order chi connectivity index (χ1) is 8.16. The Hall–Kier alpha value is -2.37. The van der Waals surface area contributed by atoms with Gasteiger partial charge in [-0.25, -0.2) is 14.5 Å². The minimum absolute atomic E-state index is 0.693. The van der Waals surface area contributed by atoms with E-state index >= 15 is 0 Å². The maximum atomic E-state index is 6.07. The Morgan fingerprint density at radius 1 is 1.29 bits per heavy atom. The van der Waals surface area contributed by atoms with E-state index in [1.54, 1.807) is 23.4 Å². The van der Waals surface area contributed by atoms with Crippen molar-refractivity contribution in [3.05, 3.63) is 30.6 Å². The number of hydrogen-bond donors (Lipinski definition) is 1. The third kappa shape index (κ3) is 1.37. The van der Waals surface area contributed by atoms with Gasteiger partial charge in [0.05, 0.1) is 18.2 Å². The maximum absolute atomic E-state index is 6.07. The smallest absolute Gasteiger partial charge is 0.117 e. The third-order valence-corrected chi connectivity index (χ3v) is 2.81. The van der Waals surface area contributed by atoms with E-state index in [4.69, 9.17) is 5.73 Å². The lowest BCUT2D eigenvalue weighted by Crippen LogP contribution is -2.02. The van der Waals surface area contributed by atoms with Crippen LogP contribution < -0.4 is 5.73 Å². The molecule has 0 radical (unpaired) electrons. The summed E-state index contributed by atoms with van der Waals surface area (Å²) < 4.78 is 3.55. The van der Waals surface area contributed by atoms with Gasteiger partial charge in [-0.1, -0.05) is 0 Å². The second-order valence-corrected chi connectivity index (χ2v) is 4.04. The SMILES string of the molecule is Cc1c(-c2cn(C)cn2)nn2cncc2c1N. The van der Waals surface area contributed by atoms with Gasteiger partial charge >= 0.3 is 0 Å². The second kappa shape index (κ2) is 3.31. The highest BCUT2D eigenvalue weighted by atomic mass is 15.3. The molecule has 0 atom stereocenters. The molecule has 0 saturated heterocycles. The van der Waals surface area contributed by atoms with Gasteiger partial charge in [-0.05, 0) is 6.92 Å². The zero-order chi connectivity index (χ0) is 12.0. The van der Waals surface area contributed by atoms with Crippen LogP contribution in [-0.4, -0.2) is 24.1 Å². The van der Waals surface area contributed by atoms with Gasteiger partial charge in [-0.2, -0.15) is 5.10 Å². The minimum atomic E-state index is 0.693. The highest BCUT2D eigenvalue weighted by molar-refractivity contribution is 5.77. The zero-order valence-electron chi connectivity index (χ0n) is 9.62. The fourth-order valence-electron chi connectivity index (χ4n) is 1.84. The summed E-state index contributed by atoms with van der Waals surface area (Å²) in [6, 6.07) is 0. The molecule has 3 rings (SSSR count). The molecule has 0 bridgehead atoms. The first-order valence-electron chi connectivity index (χ1n) is 5.23. The standard InChI is InChI=1S/C11H12N6/c1-7-10(12)9-3-13-5-17(9)15-11(7)8-4-16(2)6-14-8/h3-6H,12H2,1-2H3. The van der Waals surface area contributed by atoms with Crippen LogP contribution in [0, 0.1) is 6.92 Å². The molecule has 3 heterocycles. The molecule has 86 valence electrons. The number of fused-ring (bicyclic) bond motifs is 1. The monoisotopic (exact) mass is 228 g/mol. The quantitative estimate of drug-likeness (QED) is 0.674. The van der Waals surface area contributed by atoms with Crippen molar-refractivity contribution in [2.24, 2.45) is 7.05 Å². The Morgan fingerprint density at radius 2 is 2.12 bits per heavy atom. The van der Waals surface area contributed by atoms with E-state index < -0.39 is 0 Å². The third-order valence-electron chi connectivity index (χ3n) is 2.81. The molecule has 2 N–H and O–H groups in total. The Labute approximate surface area is 97.7 Å². The minimum Gasteiger partial charge on any atom is -0.397 e. The topological polar surface area (TPSA) is 74.0 Å². The van der Waals surface area contributed by atoms with Crippen molar-refractivity contribution in [1.29, 1.82) is 0 Å². The average Bonchev–Trinajstić information content (AvgIpc) is 2.91. The predicted octanol–water partition coefficient (Wildman–Crippen LogP) is 1.02. The molecule has 6 heteroatoms. The lowest BCUT2D eigenvalue weighted by Gasteiger charge is -2.07. The number of nitrogens with zero attached hydrogens (tertiary/aromatic N) is 5. The van der Waals surface area contributed by atoms with Crippen LogP contribution in [-0.2, 0) is 7.05 Å². The van der Waals surface area contributed by atoms with Gasteiger partial charge in [0.2, 0.25) is 0 Å². The van der Waals surface area contributed by atoms with E-state index in [1.807, 2.05) is 24.7 Å². The van der Waals surface area contributed by atoms with Gasteiger partial charge < -0.3 is 10.3 Å². The highest BCUT2D eigenvalue weighted by Gasteiger charge is 2.13. The highest BCUT2D eigenvalue weighted by Crippen LogP contribution is 2.26. The van der Waals surface area contributed by atoms with Gasteiger partial charge in [-0.15, -0.1) is 0 Å². The summed E-state index contributed by atoms with van der Waals surface area (Å²) >= 11 is 0. The Bertz CT molecular complexity index is 693. The van der Waals surface area contributed by atoms with Crippen LogP contribution in [0.3, 0.4) is 0 Å². The molecule has 0 saturated carbocycles. The molecule has 6 nitrogen and oxygen atoms in total. The lowest BCUT2D eigenvalue weighted by molar-refractivity contribution is 0.912. The molecule has 0 aliphatic carbocycles. The van der Waals surface area contributed by atoms with Crippen molar-refractivity contribution in [3.63, 3.8) is 0 Å². The molecule has 0 spiro atoms. The van der Waals surface area contributed by atoms with E-state index in [0.717, 1.165) is 22.5 Å². The van der Waals surface area contributed by atoms with Crippen LogP contribution >= 0.6 is 0 Å². The fraction of sp³-hybridized carbons (Fsp3) is 0.182. The van der Waals surface area contributed by atoms with Crippen molar-refractivity contribution < 1.29 is 0 Å². The summed E-state index contributed by atoms with van der Waals surface area (Å²) in [5, 5.41) is 4.48. The number of aromatic nitrogens is 5. The van der Waals surface area contributed by atoms with Gasteiger partial charge in [0, 0.05) is 18.8 Å². The Balaban J connectivity index is 2.32.